The summed E-state index contributed by atoms with van der Waals surface area (Å²) in [5.74, 6) is 0. The maximum absolute atomic E-state index is 2.27. The van der Waals surface area contributed by atoms with E-state index in [1.165, 1.54) is 16.9 Å². The Morgan fingerprint density at radius 3 is 2.64 bits per heavy atom. The van der Waals surface area contributed by atoms with E-state index in [1.54, 1.807) is 0 Å². The lowest BCUT2D eigenvalue weighted by atomic mass is 10.0. The summed E-state index contributed by atoms with van der Waals surface area (Å²) in [6, 6.07) is 8.55. The second kappa shape index (κ2) is 3.46. The van der Waals surface area contributed by atoms with E-state index in [1.807, 2.05) is 0 Å². The van der Waals surface area contributed by atoms with Crippen molar-refractivity contribution in [3.05, 3.63) is 41.6 Å². The maximum atomic E-state index is 2.27. The summed E-state index contributed by atoms with van der Waals surface area (Å²) in [5, 5.41) is 4.35. The van der Waals surface area contributed by atoms with E-state index < -0.39 is 0 Å². The van der Waals surface area contributed by atoms with Crippen LogP contribution in [0, 0.1) is 0 Å². The molecule has 0 radical (unpaired) electrons. The first kappa shape index (κ1) is 9.28. The standard InChI is InChI=1S/C12H16N2/c1-10-8-9-11-6-4-5-7-12(11)14(10)13(2)3/h4-8H,9H2,1-3H3. The molecule has 0 unspecified atom stereocenters. The van der Waals surface area contributed by atoms with Gasteiger partial charge in [-0.25, -0.2) is 5.01 Å². The predicted octanol–water partition coefficient (Wildman–Crippen LogP) is 2.43. The molecule has 0 fully saturated rings. The molecule has 0 saturated heterocycles. The van der Waals surface area contributed by atoms with Crippen LogP contribution in [0.15, 0.2) is 36.0 Å². The number of benzene rings is 1. The van der Waals surface area contributed by atoms with Crippen LogP contribution in [0.3, 0.4) is 0 Å². The lowest BCUT2D eigenvalue weighted by Gasteiger charge is -2.35. The molecule has 0 aliphatic carbocycles. The molecule has 1 heterocycles. The van der Waals surface area contributed by atoms with Gasteiger partial charge in [0.15, 0.2) is 0 Å². The highest BCUT2D eigenvalue weighted by Crippen LogP contribution is 2.29. The van der Waals surface area contributed by atoms with Gasteiger partial charge in [-0.15, -0.1) is 0 Å². The summed E-state index contributed by atoms with van der Waals surface area (Å²) in [7, 11) is 4.14. The highest BCUT2D eigenvalue weighted by atomic mass is 15.6. The Labute approximate surface area is 85.4 Å². The SMILES string of the molecule is CC1=CCc2ccccc2N1N(C)C. The number of para-hydroxylation sites is 1. The van der Waals surface area contributed by atoms with E-state index in [-0.39, 0.29) is 0 Å². The van der Waals surface area contributed by atoms with Crippen LogP contribution in [0.5, 0.6) is 0 Å². The number of rotatable bonds is 1. The normalized spacial score (nSPS) is 15.4. The fourth-order valence-electron chi connectivity index (χ4n) is 1.96. The van der Waals surface area contributed by atoms with Crippen LogP contribution in [0.25, 0.3) is 0 Å². The van der Waals surface area contributed by atoms with Crippen LogP contribution in [0.1, 0.15) is 12.5 Å². The van der Waals surface area contributed by atoms with Gasteiger partial charge in [-0.3, -0.25) is 5.01 Å². The smallest absolute Gasteiger partial charge is 0.0611 e. The van der Waals surface area contributed by atoms with E-state index in [9.17, 15) is 0 Å². The van der Waals surface area contributed by atoms with E-state index in [0.717, 1.165) is 6.42 Å². The molecule has 1 aromatic carbocycles. The van der Waals surface area contributed by atoms with Crippen molar-refractivity contribution in [2.24, 2.45) is 0 Å². The number of anilines is 1. The number of nitrogens with zero attached hydrogens (tertiary/aromatic N) is 2. The minimum absolute atomic E-state index is 1.05. The number of hydrogen-bond acceptors (Lipinski definition) is 2. The number of allylic oxidation sites excluding steroid dienone is 2. The Balaban J connectivity index is 2.47. The molecule has 2 nitrogen and oxygen atoms in total. The molecular weight excluding hydrogens is 172 g/mol. The lowest BCUT2D eigenvalue weighted by Crippen LogP contribution is -2.37. The molecule has 0 bridgehead atoms. The quantitative estimate of drug-likeness (QED) is 0.668. The Hall–Kier alpha value is -1.28. The Morgan fingerprint density at radius 2 is 1.93 bits per heavy atom. The van der Waals surface area contributed by atoms with Crippen molar-refractivity contribution in [3.63, 3.8) is 0 Å². The van der Waals surface area contributed by atoms with E-state index in [4.69, 9.17) is 0 Å². The van der Waals surface area contributed by atoms with Gasteiger partial charge >= 0.3 is 0 Å². The molecule has 0 N–H and O–H groups in total. The van der Waals surface area contributed by atoms with Gasteiger partial charge in [0.05, 0.1) is 5.69 Å². The van der Waals surface area contributed by atoms with Crippen molar-refractivity contribution in [1.82, 2.24) is 5.01 Å². The molecule has 0 atom stereocenters. The summed E-state index contributed by atoms with van der Waals surface area (Å²) >= 11 is 0. The molecule has 1 aliphatic rings. The Kier molecular flexibility index (Phi) is 2.30. The van der Waals surface area contributed by atoms with E-state index in [0.29, 0.717) is 0 Å². The largest absolute Gasteiger partial charge is 0.279 e. The zero-order valence-corrected chi connectivity index (χ0v) is 8.99. The summed E-state index contributed by atoms with van der Waals surface area (Å²) in [6.07, 6.45) is 3.31. The number of hydrazine groups is 1. The average molecular weight is 188 g/mol. The van der Waals surface area contributed by atoms with Crippen LogP contribution in [0.2, 0.25) is 0 Å². The second-order valence-electron chi connectivity index (χ2n) is 3.84. The van der Waals surface area contributed by atoms with Crippen LogP contribution >= 0.6 is 0 Å². The fourth-order valence-corrected chi connectivity index (χ4v) is 1.96. The van der Waals surface area contributed by atoms with E-state index in [2.05, 4.69) is 61.4 Å². The summed E-state index contributed by atoms with van der Waals surface area (Å²) in [6.45, 7) is 2.15. The zero-order chi connectivity index (χ0) is 10.1. The molecule has 74 valence electrons. The molecule has 2 rings (SSSR count). The minimum Gasteiger partial charge on any atom is -0.279 e. The molecule has 14 heavy (non-hydrogen) atoms. The first-order valence-electron chi connectivity index (χ1n) is 4.92. The van der Waals surface area contributed by atoms with Gasteiger partial charge in [0, 0.05) is 19.8 Å². The zero-order valence-electron chi connectivity index (χ0n) is 8.99. The third-order valence-electron chi connectivity index (χ3n) is 2.57. The van der Waals surface area contributed by atoms with Crippen molar-refractivity contribution in [1.29, 1.82) is 0 Å². The molecule has 1 aliphatic heterocycles. The number of fused-ring (bicyclic) bond motifs is 1. The molecule has 0 spiro atoms. The van der Waals surface area contributed by atoms with Gasteiger partial charge in [-0.2, -0.15) is 0 Å². The second-order valence-corrected chi connectivity index (χ2v) is 3.84. The number of hydrogen-bond donors (Lipinski definition) is 0. The van der Waals surface area contributed by atoms with Gasteiger partial charge in [0.2, 0.25) is 0 Å². The molecule has 1 aromatic rings. The van der Waals surface area contributed by atoms with Gasteiger partial charge in [-0.1, -0.05) is 24.3 Å². The van der Waals surface area contributed by atoms with E-state index >= 15 is 0 Å². The third kappa shape index (κ3) is 1.42. The molecule has 0 aromatic heterocycles. The van der Waals surface area contributed by atoms with Crippen LogP contribution in [0.4, 0.5) is 5.69 Å². The summed E-state index contributed by atoms with van der Waals surface area (Å²) < 4.78 is 0. The van der Waals surface area contributed by atoms with Gasteiger partial charge in [0.25, 0.3) is 0 Å². The van der Waals surface area contributed by atoms with Gasteiger partial charge in [0.1, 0.15) is 0 Å². The van der Waals surface area contributed by atoms with Crippen LogP contribution in [-0.4, -0.2) is 19.1 Å². The van der Waals surface area contributed by atoms with Crippen molar-refractivity contribution in [3.8, 4) is 0 Å². The molecule has 0 saturated carbocycles. The van der Waals surface area contributed by atoms with Crippen molar-refractivity contribution >= 4 is 5.69 Å². The first-order chi connectivity index (χ1) is 6.70. The fraction of sp³-hybridized carbons (Fsp3) is 0.333. The first-order valence-corrected chi connectivity index (χ1v) is 4.92. The maximum Gasteiger partial charge on any atom is 0.0611 e. The minimum atomic E-state index is 1.05. The highest BCUT2D eigenvalue weighted by Gasteiger charge is 2.17. The van der Waals surface area contributed by atoms with Crippen molar-refractivity contribution in [2.75, 3.05) is 19.1 Å². The summed E-state index contributed by atoms with van der Waals surface area (Å²) in [5.41, 5.74) is 4.00. The van der Waals surface area contributed by atoms with Crippen molar-refractivity contribution in [2.45, 2.75) is 13.3 Å². The molecular formula is C12H16N2. The average Bonchev–Trinajstić information content (AvgIpc) is 2.17. The van der Waals surface area contributed by atoms with Crippen molar-refractivity contribution < 1.29 is 0 Å². The predicted molar refractivity (Wildman–Crippen MR) is 60.1 cm³/mol. The van der Waals surface area contributed by atoms with Crippen LogP contribution < -0.4 is 5.01 Å². The molecule has 2 heteroatoms. The molecule has 0 amide bonds. The van der Waals surface area contributed by atoms with Gasteiger partial charge < -0.3 is 0 Å². The Morgan fingerprint density at radius 1 is 1.21 bits per heavy atom. The van der Waals surface area contributed by atoms with Crippen LogP contribution in [-0.2, 0) is 6.42 Å². The third-order valence-corrected chi connectivity index (χ3v) is 2.57. The highest BCUT2D eigenvalue weighted by molar-refractivity contribution is 5.59. The summed E-state index contributed by atoms with van der Waals surface area (Å²) in [4.78, 5) is 0. The Bertz CT molecular complexity index is 366. The topological polar surface area (TPSA) is 6.48 Å². The monoisotopic (exact) mass is 188 g/mol. The van der Waals surface area contributed by atoms with Gasteiger partial charge in [-0.05, 0) is 25.0 Å². The lowest BCUT2D eigenvalue weighted by molar-refractivity contribution is 0.397.